The number of nitrogens with one attached hydrogen (secondary N) is 1. The second-order valence-corrected chi connectivity index (χ2v) is 5.39. The first kappa shape index (κ1) is 13.2. The van der Waals surface area contributed by atoms with E-state index in [0.29, 0.717) is 13.0 Å². The van der Waals surface area contributed by atoms with Crippen molar-refractivity contribution >= 4 is 21.8 Å². The molecule has 1 amide bonds. The molecule has 0 aliphatic carbocycles. The van der Waals surface area contributed by atoms with E-state index < -0.39 is 5.54 Å². The number of carbonyl (C=O) groups is 1. The van der Waals surface area contributed by atoms with E-state index in [1.165, 1.54) is 0 Å². The van der Waals surface area contributed by atoms with Crippen LogP contribution in [0.4, 0.5) is 0 Å². The molecule has 3 nitrogen and oxygen atoms in total. The molecule has 0 spiro atoms. The molecule has 1 aromatic carbocycles. The topological polar surface area (TPSA) is 55.1 Å². The molecule has 0 radical (unpaired) electrons. The number of hydrogen-bond acceptors (Lipinski definition) is 2. The molecule has 0 bridgehead atoms. The molecular weight excluding hydrogens is 268 g/mol. The molecule has 88 valence electrons. The van der Waals surface area contributed by atoms with Crippen LogP contribution in [0.5, 0.6) is 0 Å². The van der Waals surface area contributed by atoms with Crippen molar-refractivity contribution in [2.24, 2.45) is 5.73 Å². The van der Waals surface area contributed by atoms with E-state index in [9.17, 15) is 4.79 Å². The summed E-state index contributed by atoms with van der Waals surface area (Å²) in [5.74, 6) is -0.0248. The van der Waals surface area contributed by atoms with Gasteiger partial charge in [0, 0.05) is 23.0 Å². The summed E-state index contributed by atoms with van der Waals surface area (Å²) in [4.78, 5) is 11.5. The fourth-order valence-corrected chi connectivity index (χ4v) is 1.74. The number of hydrogen-bond donors (Lipinski definition) is 2. The van der Waals surface area contributed by atoms with Crippen LogP contribution in [0.15, 0.2) is 28.7 Å². The second-order valence-electron chi connectivity index (χ2n) is 4.53. The molecule has 1 aromatic rings. The van der Waals surface area contributed by atoms with Gasteiger partial charge in [-0.2, -0.15) is 0 Å². The van der Waals surface area contributed by atoms with Gasteiger partial charge in [-0.3, -0.25) is 4.79 Å². The van der Waals surface area contributed by atoms with Gasteiger partial charge in [0.2, 0.25) is 5.91 Å². The van der Waals surface area contributed by atoms with Gasteiger partial charge < -0.3 is 11.1 Å². The maximum absolute atomic E-state index is 11.5. The van der Waals surface area contributed by atoms with Gasteiger partial charge in [-0.05, 0) is 25.5 Å². The molecule has 0 aliphatic heterocycles. The summed E-state index contributed by atoms with van der Waals surface area (Å²) >= 11 is 3.43. The smallest absolute Gasteiger partial charge is 0.222 e. The van der Waals surface area contributed by atoms with E-state index in [1.807, 2.05) is 38.1 Å². The Morgan fingerprint density at radius 3 is 2.62 bits per heavy atom. The zero-order valence-corrected chi connectivity index (χ0v) is 11.2. The van der Waals surface area contributed by atoms with Gasteiger partial charge in [0.05, 0.1) is 0 Å². The van der Waals surface area contributed by atoms with Crippen molar-refractivity contribution in [1.82, 2.24) is 5.32 Å². The van der Waals surface area contributed by atoms with E-state index in [2.05, 4.69) is 21.2 Å². The molecule has 0 fully saturated rings. The summed E-state index contributed by atoms with van der Waals surface area (Å²) < 4.78 is 1.00. The van der Waals surface area contributed by atoms with Crippen LogP contribution in [0, 0.1) is 0 Å². The van der Waals surface area contributed by atoms with Gasteiger partial charge in [-0.25, -0.2) is 0 Å². The van der Waals surface area contributed by atoms with Crippen LogP contribution >= 0.6 is 15.9 Å². The van der Waals surface area contributed by atoms with E-state index in [-0.39, 0.29) is 5.91 Å². The molecule has 0 saturated carbocycles. The zero-order chi connectivity index (χ0) is 12.2. The third-order valence-electron chi connectivity index (χ3n) is 2.05. The summed E-state index contributed by atoms with van der Waals surface area (Å²) in [5.41, 5.74) is 6.37. The monoisotopic (exact) mass is 284 g/mol. The van der Waals surface area contributed by atoms with Crippen molar-refractivity contribution in [1.29, 1.82) is 0 Å². The zero-order valence-electron chi connectivity index (χ0n) is 9.59. The molecule has 0 aromatic heterocycles. The predicted molar refractivity (Wildman–Crippen MR) is 68.9 cm³/mol. The highest BCUT2D eigenvalue weighted by molar-refractivity contribution is 9.10. The lowest BCUT2D eigenvalue weighted by molar-refractivity contribution is -0.122. The molecule has 1 rings (SSSR count). The molecule has 4 heteroatoms. The van der Waals surface area contributed by atoms with Crippen LogP contribution in [-0.4, -0.2) is 11.4 Å². The Hall–Kier alpha value is -0.870. The standard InChI is InChI=1S/C12H17BrN2O/c1-12(2,14)7-11(16)15-8-9-5-3-4-6-10(9)13/h3-6H,7-8,14H2,1-2H3,(H,15,16). The minimum absolute atomic E-state index is 0.0248. The molecule has 0 saturated heterocycles. The molecule has 16 heavy (non-hydrogen) atoms. The first-order chi connectivity index (χ1) is 7.38. The number of rotatable bonds is 4. The molecule has 3 N–H and O–H groups in total. The highest BCUT2D eigenvalue weighted by atomic mass is 79.9. The van der Waals surface area contributed by atoms with Crippen molar-refractivity contribution in [3.63, 3.8) is 0 Å². The van der Waals surface area contributed by atoms with Crippen molar-refractivity contribution in [2.45, 2.75) is 32.4 Å². The normalized spacial score (nSPS) is 11.2. The van der Waals surface area contributed by atoms with Gasteiger partial charge in [-0.1, -0.05) is 34.1 Å². The second kappa shape index (κ2) is 5.46. The number of amides is 1. The maximum atomic E-state index is 11.5. The molecule has 0 heterocycles. The minimum Gasteiger partial charge on any atom is -0.352 e. The van der Waals surface area contributed by atoms with Crippen molar-refractivity contribution in [3.8, 4) is 0 Å². The van der Waals surface area contributed by atoms with E-state index >= 15 is 0 Å². The summed E-state index contributed by atoms with van der Waals surface area (Å²) in [6.07, 6.45) is 0.331. The third kappa shape index (κ3) is 4.77. The van der Waals surface area contributed by atoms with Crippen molar-refractivity contribution < 1.29 is 4.79 Å². The maximum Gasteiger partial charge on any atom is 0.222 e. The first-order valence-electron chi connectivity index (χ1n) is 5.17. The van der Waals surface area contributed by atoms with E-state index in [4.69, 9.17) is 5.73 Å². The number of benzene rings is 1. The molecule has 0 atom stereocenters. The summed E-state index contributed by atoms with van der Waals surface area (Å²) in [6, 6.07) is 7.81. The highest BCUT2D eigenvalue weighted by Gasteiger charge is 2.15. The van der Waals surface area contributed by atoms with Gasteiger partial charge in [0.15, 0.2) is 0 Å². The molecular formula is C12H17BrN2O. The Morgan fingerprint density at radius 1 is 1.44 bits per heavy atom. The van der Waals surface area contributed by atoms with E-state index in [1.54, 1.807) is 0 Å². The Bertz CT molecular complexity index is 372. The Kier molecular flexibility index (Phi) is 4.50. The first-order valence-corrected chi connectivity index (χ1v) is 5.97. The summed E-state index contributed by atoms with van der Waals surface area (Å²) in [5, 5.41) is 2.85. The van der Waals surface area contributed by atoms with Crippen molar-refractivity contribution in [3.05, 3.63) is 34.3 Å². The van der Waals surface area contributed by atoms with E-state index in [0.717, 1.165) is 10.0 Å². The Balaban J connectivity index is 2.47. The number of carbonyl (C=O) groups excluding carboxylic acids is 1. The third-order valence-corrected chi connectivity index (χ3v) is 2.82. The lowest BCUT2D eigenvalue weighted by atomic mass is 10.0. The quantitative estimate of drug-likeness (QED) is 0.891. The highest BCUT2D eigenvalue weighted by Crippen LogP contribution is 2.15. The van der Waals surface area contributed by atoms with Gasteiger partial charge in [-0.15, -0.1) is 0 Å². The number of halogens is 1. The average Bonchev–Trinajstić information content (AvgIpc) is 2.14. The lowest BCUT2D eigenvalue weighted by Gasteiger charge is -2.17. The Labute approximate surface area is 105 Å². The SMILES string of the molecule is CC(C)(N)CC(=O)NCc1ccccc1Br. The van der Waals surface area contributed by atoms with Gasteiger partial charge in [0.25, 0.3) is 0 Å². The number of nitrogens with two attached hydrogens (primary N) is 1. The largest absolute Gasteiger partial charge is 0.352 e. The van der Waals surface area contributed by atoms with Gasteiger partial charge in [0.1, 0.15) is 0 Å². The van der Waals surface area contributed by atoms with Crippen molar-refractivity contribution in [2.75, 3.05) is 0 Å². The fourth-order valence-electron chi connectivity index (χ4n) is 1.31. The Morgan fingerprint density at radius 2 is 2.06 bits per heavy atom. The summed E-state index contributed by atoms with van der Waals surface area (Å²) in [7, 11) is 0. The van der Waals surface area contributed by atoms with Crippen LogP contribution < -0.4 is 11.1 Å². The average molecular weight is 285 g/mol. The fraction of sp³-hybridized carbons (Fsp3) is 0.417. The van der Waals surface area contributed by atoms with Crippen LogP contribution in [-0.2, 0) is 11.3 Å². The molecule has 0 aliphatic rings. The van der Waals surface area contributed by atoms with Crippen LogP contribution in [0.2, 0.25) is 0 Å². The summed E-state index contributed by atoms with van der Waals surface area (Å²) in [6.45, 7) is 4.20. The van der Waals surface area contributed by atoms with Gasteiger partial charge >= 0.3 is 0 Å². The minimum atomic E-state index is -0.460. The van der Waals surface area contributed by atoms with Crippen LogP contribution in [0.25, 0.3) is 0 Å². The molecule has 0 unspecified atom stereocenters. The predicted octanol–water partition coefficient (Wildman–Crippen LogP) is 2.19. The van der Waals surface area contributed by atoms with Crippen LogP contribution in [0.1, 0.15) is 25.8 Å². The van der Waals surface area contributed by atoms with Crippen LogP contribution in [0.3, 0.4) is 0 Å². The lowest BCUT2D eigenvalue weighted by Crippen LogP contribution is -2.38.